The van der Waals surface area contributed by atoms with Crippen LogP contribution in [0.1, 0.15) is 60.4 Å². The Morgan fingerprint density at radius 3 is 2.10 bits per heavy atom. The molecule has 0 aromatic heterocycles. The molecule has 0 bridgehead atoms. The van der Waals surface area contributed by atoms with Crippen molar-refractivity contribution in [3.8, 4) is 17.6 Å². The van der Waals surface area contributed by atoms with Crippen molar-refractivity contribution in [3.05, 3.63) is 112 Å². The summed E-state index contributed by atoms with van der Waals surface area (Å²) in [5, 5.41) is 1.20. The van der Waals surface area contributed by atoms with Gasteiger partial charge in [0.1, 0.15) is 5.82 Å². The fraction of sp³-hybridized carbons (Fsp3) is 0.294. The number of alkyl halides is 3. The highest BCUT2D eigenvalue weighted by atomic mass is 19.4. The summed E-state index contributed by atoms with van der Waals surface area (Å²) in [7, 11) is 0. The summed E-state index contributed by atoms with van der Waals surface area (Å²) < 4.78 is 70.6. The van der Waals surface area contributed by atoms with Crippen LogP contribution in [0, 0.1) is 23.5 Å². The number of rotatable bonds is 10. The molecule has 4 aromatic rings. The van der Waals surface area contributed by atoms with Crippen LogP contribution in [0.2, 0.25) is 0 Å². The van der Waals surface area contributed by atoms with Gasteiger partial charge in [0.2, 0.25) is 0 Å². The highest BCUT2D eigenvalue weighted by Crippen LogP contribution is 2.24. The van der Waals surface area contributed by atoms with E-state index in [1.807, 2.05) is 12.1 Å². The highest BCUT2D eigenvalue weighted by Gasteiger charge is 2.28. The average Bonchev–Trinajstić information content (AvgIpc) is 2.93. The van der Waals surface area contributed by atoms with Crippen LogP contribution in [-0.2, 0) is 19.3 Å². The van der Waals surface area contributed by atoms with E-state index in [0.29, 0.717) is 5.39 Å². The van der Waals surface area contributed by atoms with E-state index in [2.05, 4.69) is 47.8 Å². The van der Waals surface area contributed by atoms with Crippen molar-refractivity contribution in [1.82, 2.24) is 0 Å². The first-order valence-corrected chi connectivity index (χ1v) is 13.5. The third-order valence-corrected chi connectivity index (χ3v) is 6.73. The zero-order chi connectivity index (χ0) is 28.5. The number of hydrogen-bond donors (Lipinski definition) is 0. The van der Waals surface area contributed by atoms with Gasteiger partial charge in [-0.05, 0) is 72.0 Å². The van der Waals surface area contributed by atoms with Crippen LogP contribution in [0.15, 0.2) is 72.8 Å². The second-order valence-electron chi connectivity index (χ2n) is 9.91. The zero-order valence-corrected chi connectivity index (χ0v) is 22.4. The van der Waals surface area contributed by atoms with Crippen LogP contribution in [0.5, 0.6) is 5.75 Å². The molecule has 4 aromatic carbocycles. The van der Waals surface area contributed by atoms with Gasteiger partial charge in [-0.2, -0.15) is 13.2 Å². The minimum atomic E-state index is -4.57. The number of unbranched alkanes of at least 4 members (excludes halogenated alkanes) is 3. The predicted molar refractivity (Wildman–Crippen MR) is 150 cm³/mol. The van der Waals surface area contributed by atoms with Crippen molar-refractivity contribution in [1.29, 1.82) is 0 Å². The molecule has 0 aliphatic rings. The van der Waals surface area contributed by atoms with E-state index in [1.165, 1.54) is 42.9 Å². The van der Waals surface area contributed by atoms with Gasteiger partial charge in [0.15, 0.2) is 18.2 Å². The largest absolute Gasteiger partial charge is 0.481 e. The highest BCUT2D eigenvalue weighted by molar-refractivity contribution is 5.85. The van der Waals surface area contributed by atoms with Crippen LogP contribution in [0.4, 0.5) is 22.0 Å². The molecule has 0 aliphatic heterocycles. The van der Waals surface area contributed by atoms with Gasteiger partial charge in [-0.3, -0.25) is 0 Å². The maximum absolute atomic E-state index is 15.2. The van der Waals surface area contributed by atoms with Gasteiger partial charge in [-0.1, -0.05) is 86.6 Å². The lowest BCUT2D eigenvalue weighted by atomic mass is 9.98. The fourth-order valence-electron chi connectivity index (χ4n) is 4.51. The van der Waals surface area contributed by atoms with Crippen molar-refractivity contribution in [3.63, 3.8) is 0 Å². The monoisotopic (exact) mass is 550 g/mol. The minimum Gasteiger partial charge on any atom is -0.481 e. The molecule has 0 saturated carbocycles. The molecular formula is C34H31F5O. The van der Waals surface area contributed by atoms with E-state index in [-0.39, 0.29) is 11.1 Å². The predicted octanol–water partition coefficient (Wildman–Crippen LogP) is 9.37. The van der Waals surface area contributed by atoms with Crippen molar-refractivity contribution >= 4 is 10.8 Å². The second kappa shape index (κ2) is 13.5. The van der Waals surface area contributed by atoms with Gasteiger partial charge in [0.05, 0.1) is 5.56 Å². The molecule has 0 atom stereocenters. The molecule has 0 radical (unpaired) electrons. The van der Waals surface area contributed by atoms with E-state index in [9.17, 15) is 17.6 Å². The number of halogens is 5. The third kappa shape index (κ3) is 8.32. The van der Waals surface area contributed by atoms with Crippen LogP contribution in [0.3, 0.4) is 0 Å². The number of aryl methyl sites for hydroxylation is 3. The first kappa shape index (κ1) is 29.1. The summed E-state index contributed by atoms with van der Waals surface area (Å²) in [6, 6.07) is 21.2. The lowest BCUT2D eigenvalue weighted by molar-refractivity contribution is -0.153. The maximum atomic E-state index is 15.2. The lowest BCUT2D eigenvalue weighted by Crippen LogP contribution is -2.19. The molecular weight excluding hydrogens is 519 g/mol. The van der Waals surface area contributed by atoms with E-state index in [4.69, 9.17) is 0 Å². The van der Waals surface area contributed by atoms with Gasteiger partial charge in [-0.15, -0.1) is 0 Å². The minimum absolute atomic E-state index is 0.146. The van der Waals surface area contributed by atoms with Gasteiger partial charge in [0.25, 0.3) is 0 Å². The van der Waals surface area contributed by atoms with Crippen LogP contribution < -0.4 is 4.74 Å². The first-order chi connectivity index (χ1) is 19.2. The Morgan fingerprint density at radius 1 is 0.700 bits per heavy atom. The van der Waals surface area contributed by atoms with Crippen molar-refractivity contribution < 1.29 is 26.7 Å². The smallest absolute Gasteiger partial charge is 0.422 e. The summed E-state index contributed by atoms with van der Waals surface area (Å²) in [4.78, 5) is 0. The van der Waals surface area contributed by atoms with E-state index in [0.717, 1.165) is 42.3 Å². The van der Waals surface area contributed by atoms with Gasteiger partial charge >= 0.3 is 6.18 Å². The molecule has 0 heterocycles. The van der Waals surface area contributed by atoms with Gasteiger partial charge in [0, 0.05) is 10.9 Å². The standard InChI is InChI=1S/C34H31F5O/c1-2-3-4-5-6-24-7-9-25(10-8-24)11-12-26-14-19-30-29(21-26)18-17-28(33(30)36)16-13-27-15-20-32(31(35)22-27)40-23-34(37,38)39/h7-10,14-15,17-22H,2-6,11-12,23H2,1H3. The summed E-state index contributed by atoms with van der Waals surface area (Å²) in [6.45, 7) is 0.625. The van der Waals surface area contributed by atoms with Crippen molar-refractivity contribution in [2.24, 2.45) is 0 Å². The fourth-order valence-corrected chi connectivity index (χ4v) is 4.51. The second-order valence-corrected chi connectivity index (χ2v) is 9.91. The normalized spacial score (nSPS) is 11.3. The molecule has 0 N–H and O–H groups in total. The molecule has 208 valence electrons. The molecule has 0 spiro atoms. The summed E-state index contributed by atoms with van der Waals surface area (Å²) in [5.74, 6) is 3.40. The Balaban J connectivity index is 1.39. The third-order valence-electron chi connectivity index (χ3n) is 6.73. The maximum Gasteiger partial charge on any atom is 0.422 e. The Morgan fingerprint density at radius 2 is 1.40 bits per heavy atom. The van der Waals surface area contributed by atoms with Crippen LogP contribution >= 0.6 is 0 Å². The van der Waals surface area contributed by atoms with Gasteiger partial charge < -0.3 is 4.74 Å². The molecule has 0 unspecified atom stereocenters. The Labute approximate surface area is 232 Å². The van der Waals surface area contributed by atoms with Crippen molar-refractivity contribution in [2.45, 2.75) is 58.0 Å². The number of benzene rings is 4. The van der Waals surface area contributed by atoms with E-state index >= 15 is 4.39 Å². The molecule has 40 heavy (non-hydrogen) atoms. The molecule has 6 heteroatoms. The van der Waals surface area contributed by atoms with E-state index < -0.39 is 30.2 Å². The Bertz CT molecular complexity index is 1490. The molecule has 4 rings (SSSR count). The zero-order valence-electron chi connectivity index (χ0n) is 22.4. The topological polar surface area (TPSA) is 9.23 Å². The molecule has 1 nitrogen and oxygen atoms in total. The molecule has 0 saturated heterocycles. The molecule has 0 aliphatic carbocycles. The lowest BCUT2D eigenvalue weighted by Gasteiger charge is -2.09. The quantitative estimate of drug-likeness (QED) is 0.109. The summed E-state index contributed by atoms with van der Waals surface area (Å²) >= 11 is 0. The number of fused-ring (bicyclic) bond motifs is 1. The van der Waals surface area contributed by atoms with Crippen molar-refractivity contribution in [2.75, 3.05) is 6.61 Å². The van der Waals surface area contributed by atoms with Crippen LogP contribution in [-0.4, -0.2) is 12.8 Å². The average molecular weight is 551 g/mol. The SMILES string of the molecule is CCCCCCc1ccc(CCc2ccc3c(F)c(C#Cc4ccc(OCC(F)(F)F)c(F)c4)ccc3c2)cc1. The van der Waals surface area contributed by atoms with Gasteiger partial charge in [-0.25, -0.2) is 8.78 Å². The van der Waals surface area contributed by atoms with Crippen LogP contribution in [0.25, 0.3) is 10.8 Å². The summed E-state index contributed by atoms with van der Waals surface area (Å²) in [6.07, 6.45) is 3.30. The molecule has 0 fully saturated rings. The summed E-state index contributed by atoms with van der Waals surface area (Å²) in [5.41, 5.74) is 4.09. The number of hydrogen-bond acceptors (Lipinski definition) is 1. The van der Waals surface area contributed by atoms with E-state index in [1.54, 1.807) is 18.2 Å². The molecule has 0 amide bonds. The first-order valence-electron chi connectivity index (χ1n) is 13.5. The number of ether oxygens (including phenoxy) is 1. The Kier molecular flexibility index (Phi) is 9.82. The Hall–Kier alpha value is -3.85.